The lowest BCUT2D eigenvalue weighted by atomic mass is 10.1. The fraction of sp³-hybridized carbons (Fsp3) is 0.700. The van der Waals surface area contributed by atoms with E-state index in [1.165, 1.54) is 19.3 Å². The normalized spacial score (nSPS) is 13.2. The van der Waals surface area contributed by atoms with Crippen LogP contribution in [0.3, 0.4) is 0 Å². The summed E-state index contributed by atoms with van der Waals surface area (Å²) in [5, 5.41) is 3.16. The van der Waals surface area contributed by atoms with Crippen molar-refractivity contribution in [3.8, 4) is 0 Å². The number of nitrogens with zero attached hydrogens (tertiary/aromatic N) is 1. The molecular formula is C10H18N2S. The minimum atomic E-state index is 0.158. The Morgan fingerprint density at radius 2 is 2.31 bits per heavy atom. The van der Waals surface area contributed by atoms with Gasteiger partial charge in [0.15, 0.2) is 0 Å². The van der Waals surface area contributed by atoms with E-state index >= 15 is 0 Å². The van der Waals surface area contributed by atoms with Crippen LogP contribution in [0.25, 0.3) is 0 Å². The van der Waals surface area contributed by atoms with Crippen LogP contribution in [0, 0.1) is 6.92 Å². The minimum Gasteiger partial charge on any atom is -0.322 e. The Morgan fingerprint density at radius 3 is 2.85 bits per heavy atom. The van der Waals surface area contributed by atoms with E-state index in [9.17, 15) is 0 Å². The summed E-state index contributed by atoms with van der Waals surface area (Å²) in [6.07, 6.45) is 4.82. The van der Waals surface area contributed by atoms with Gasteiger partial charge < -0.3 is 5.73 Å². The molecule has 0 radical (unpaired) electrons. The first-order valence-electron chi connectivity index (χ1n) is 4.91. The Bertz CT molecular complexity index is 245. The molecule has 1 aromatic heterocycles. The topological polar surface area (TPSA) is 38.9 Å². The molecule has 13 heavy (non-hydrogen) atoms. The van der Waals surface area contributed by atoms with Gasteiger partial charge in [-0.05, 0) is 13.3 Å². The van der Waals surface area contributed by atoms with Crippen molar-refractivity contribution in [1.29, 1.82) is 0 Å². The molecule has 0 spiro atoms. The number of nitrogens with two attached hydrogens (primary N) is 1. The number of rotatable bonds is 5. The predicted octanol–water partition coefficient (Wildman–Crippen LogP) is 3.03. The van der Waals surface area contributed by atoms with Crippen molar-refractivity contribution in [2.24, 2.45) is 5.73 Å². The molecule has 0 fully saturated rings. The van der Waals surface area contributed by atoms with Crippen LogP contribution in [-0.4, -0.2) is 4.98 Å². The number of aromatic nitrogens is 1. The Hall–Kier alpha value is -0.410. The summed E-state index contributed by atoms with van der Waals surface area (Å²) in [6, 6.07) is 0.158. The molecule has 0 aliphatic carbocycles. The predicted molar refractivity (Wildman–Crippen MR) is 57.9 cm³/mol. The molecule has 1 heterocycles. The molecular weight excluding hydrogens is 180 g/mol. The zero-order valence-corrected chi connectivity index (χ0v) is 9.23. The van der Waals surface area contributed by atoms with Crippen molar-refractivity contribution >= 4 is 11.3 Å². The van der Waals surface area contributed by atoms with E-state index in [0.717, 1.165) is 17.1 Å². The van der Waals surface area contributed by atoms with Gasteiger partial charge in [-0.3, -0.25) is 0 Å². The van der Waals surface area contributed by atoms with Crippen LogP contribution in [-0.2, 0) is 0 Å². The largest absolute Gasteiger partial charge is 0.322 e. The molecule has 2 nitrogen and oxygen atoms in total. The lowest BCUT2D eigenvalue weighted by Crippen LogP contribution is -2.09. The Kier molecular flexibility index (Phi) is 4.39. The van der Waals surface area contributed by atoms with E-state index in [0.29, 0.717) is 0 Å². The lowest BCUT2D eigenvalue weighted by Gasteiger charge is -2.06. The van der Waals surface area contributed by atoms with Crippen LogP contribution in [0.5, 0.6) is 0 Å². The average molecular weight is 198 g/mol. The number of thiazole rings is 1. The van der Waals surface area contributed by atoms with Gasteiger partial charge in [0.1, 0.15) is 5.01 Å². The second-order valence-electron chi connectivity index (χ2n) is 3.43. The summed E-state index contributed by atoms with van der Waals surface area (Å²) in [5.74, 6) is 0. The smallest absolute Gasteiger partial charge is 0.110 e. The highest BCUT2D eigenvalue weighted by molar-refractivity contribution is 7.09. The van der Waals surface area contributed by atoms with E-state index in [-0.39, 0.29) is 6.04 Å². The van der Waals surface area contributed by atoms with Gasteiger partial charge in [-0.1, -0.05) is 26.2 Å². The number of hydrogen-bond acceptors (Lipinski definition) is 3. The van der Waals surface area contributed by atoms with Crippen molar-refractivity contribution in [2.75, 3.05) is 0 Å². The van der Waals surface area contributed by atoms with Gasteiger partial charge in [-0.25, -0.2) is 4.98 Å². The van der Waals surface area contributed by atoms with Crippen molar-refractivity contribution in [2.45, 2.75) is 45.6 Å². The van der Waals surface area contributed by atoms with Gasteiger partial charge in [0.25, 0.3) is 0 Å². The highest BCUT2D eigenvalue weighted by Crippen LogP contribution is 2.20. The maximum Gasteiger partial charge on any atom is 0.110 e. The summed E-state index contributed by atoms with van der Waals surface area (Å²) >= 11 is 1.68. The first-order valence-corrected chi connectivity index (χ1v) is 5.79. The summed E-state index contributed by atoms with van der Waals surface area (Å²) in [4.78, 5) is 4.38. The Labute approximate surface area is 84.2 Å². The molecule has 0 aliphatic rings. The molecule has 1 unspecified atom stereocenters. The highest BCUT2D eigenvalue weighted by Gasteiger charge is 2.08. The average Bonchev–Trinajstić information content (AvgIpc) is 2.52. The summed E-state index contributed by atoms with van der Waals surface area (Å²) in [6.45, 7) is 4.22. The first kappa shape index (κ1) is 10.7. The maximum absolute atomic E-state index is 6.00. The van der Waals surface area contributed by atoms with Gasteiger partial charge >= 0.3 is 0 Å². The van der Waals surface area contributed by atoms with Crippen molar-refractivity contribution < 1.29 is 0 Å². The van der Waals surface area contributed by atoms with E-state index in [1.54, 1.807) is 11.3 Å². The summed E-state index contributed by atoms with van der Waals surface area (Å²) in [7, 11) is 0. The molecule has 0 saturated carbocycles. The molecule has 0 saturated heterocycles. The molecule has 2 N–H and O–H groups in total. The fourth-order valence-electron chi connectivity index (χ4n) is 1.28. The van der Waals surface area contributed by atoms with Crippen molar-refractivity contribution in [3.63, 3.8) is 0 Å². The van der Waals surface area contributed by atoms with Crippen molar-refractivity contribution in [3.05, 3.63) is 16.1 Å². The van der Waals surface area contributed by atoms with Crippen LogP contribution < -0.4 is 5.73 Å². The van der Waals surface area contributed by atoms with Gasteiger partial charge in [0, 0.05) is 11.1 Å². The molecule has 0 amide bonds. The van der Waals surface area contributed by atoms with E-state index in [4.69, 9.17) is 5.73 Å². The fourth-order valence-corrected chi connectivity index (χ4v) is 2.11. The summed E-state index contributed by atoms with van der Waals surface area (Å²) in [5.41, 5.74) is 7.09. The van der Waals surface area contributed by atoms with Crippen LogP contribution in [0.15, 0.2) is 5.38 Å². The highest BCUT2D eigenvalue weighted by atomic mass is 32.1. The van der Waals surface area contributed by atoms with Gasteiger partial charge in [-0.15, -0.1) is 11.3 Å². The number of hydrogen-bond donors (Lipinski definition) is 1. The van der Waals surface area contributed by atoms with Gasteiger partial charge in [0.05, 0.1) is 6.04 Å². The van der Waals surface area contributed by atoms with Crippen LogP contribution in [0.1, 0.15) is 49.4 Å². The summed E-state index contributed by atoms with van der Waals surface area (Å²) < 4.78 is 0. The van der Waals surface area contributed by atoms with E-state index < -0.39 is 0 Å². The Morgan fingerprint density at radius 1 is 1.54 bits per heavy atom. The van der Waals surface area contributed by atoms with Crippen molar-refractivity contribution in [1.82, 2.24) is 4.98 Å². The molecule has 1 aromatic rings. The van der Waals surface area contributed by atoms with Gasteiger partial charge in [0.2, 0.25) is 0 Å². The van der Waals surface area contributed by atoms with Gasteiger partial charge in [-0.2, -0.15) is 0 Å². The van der Waals surface area contributed by atoms with Crippen LogP contribution in [0.4, 0.5) is 0 Å². The third kappa shape index (κ3) is 3.44. The second kappa shape index (κ2) is 5.35. The SMILES string of the molecule is CCCCCC(N)c1nc(C)cs1. The van der Waals surface area contributed by atoms with Crippen LogP contribution >= 0.6 is 11.3 Å². The zero-order chi connectivity index (χ0) is 9.68. The lowest BCUT2D eigenvalue weighted by molar-refractivity contribution is 0.578. The zero-order valence-electron chi connectivity index (χ0n) is 8.42. The van der Waals surface area contributed by atoms with E-state index in [2.05, 4.69) is 17.3 Å². The standard InChI is InChI=1S/C10H18N2S/c1-3-4-5-6-9(11)10-12-8(2)7-13-10/h7,9H,3-6,11H2,1-2H3. The minimum absolute atomic E-state index is 0.158. The third-order valence-electron chi connectivity index (χ3n) is 2.07. The molecule has 3 heteroatoms. The van der Waals surface area contributed by atoms with E-state index in [1.807, 2.05) is 6.92 Å². The first-order chi connectivity index (χ1) is 6.24. The molecule has 0 aromatic carbocycles. The molecule has 0 aliphatic heterocycles. The molecule has 0 bridgehead atoms. The molecule has 1 rings (SSSR count). The number of aryl methyl sites for hydroxylation is 1. The number of unbranched alkanes of at least 4 members (excludes halogenated alkanes) is 2. The Balaban J connectivity index is 2.35. The third-order valence-corrected chi connectivity index (χ3v) is 3.17. The monoisotopic (exact) mass is 198 g/mol. The maximum atomic E-state index is 6.00. The molecule has 1 atom stereocenters. The molecule has 74 valence electrons. The van der Waals surface area contributed by atoms with Crippen LogP contribution in [0.2, 0.25) is 0 Å². The quantitative estimate of drug-likeness (QED) is 0.739. The second-order valence-corrected chi connectivity index (χ2v) is 4.32.